The standard InChI is InChI=1S/C13H23NO9.C10H17NO6.2CH4/c1-6(16)14-9-7(17)4-13(22-3,12(20)21-2)23-11(9)10(19)8(18)5-15;1-6(12)11-7-5-17-10(16-3,4-8(7)13)9(14)15-2;;/h7-11,15,17-19H,4-5H2,1-3H3,(H,14,16);7-8,13H,4-5H2,1-3H3,(H,11,12);2*1H4. The van der Waals surface area contributed by atoms with Gasteiger partial charge in [0.2, 0.25) is 11.8 Å². The molecule has 0 spiro atoms. The maximum absolute atomic E-state index is 11.9. The summed E-state index contributed by atoms with van der Waals surface area (Å²) < 4.78 is 29.9. The molecule has 7 N–H and O–H groups in total. The second-order valence-electron chi connectivity index (χ2n) is 9.11. The molecule has 0 aromatic carbocycles. The molecule has 248 valence electrons. The fraction of sp³-hybridized carbons (Fsp3) is 0.840. The number of hydrogen-bond acceptors (Lipinski definition) is 15. The molecule has 2 heterocycles. The average molecular weight is 617 g/mol. The van der Waals surface area contributed by atoms with E-state index in [-0.39, 0.29) is 40.2 Å². The maximum atomic E-state index is 11.9. The Hall–Kier alpha value is -2.48. The second kappa shape index (κ2) is 18.2. The van der Waals surface area contributed by atoms with Crippen LogP contribution in [-0.2, 0) is 47.6 Å². The molecule has 42 heavy (non-hydrogen) atoms. The number of nitrogens with one attached hydrogen (secondary N) is 2. The largest absolute Gasteiger partial charge is 0.465 e. The van der Waals surface area contributed by atoms with Crippen LogP contribution in [0, 0.1) is 0 Å². The minimum absolute atomic E-state index is 0. The van der Waals surface area contributed by atoms with Gasteiger partial charge in [-0.3, -0.25) is 9.59 Å². The van der Waals surface area contributed by atoms with Gasteiger partial charge in [0.05, 0.1) is 51.7 Å². The van der Waals surface area contributed by atoms with E-state index in [4.69, 9.17) is 24.1 Å². The van der Waals surface area contributed by atoms with Gasteiger partial charge < -0.3 is 64.6 Å². The third-order valence-electron chi connectivity index (χ3n) is 6.34. The highest BCUT2D eigenvalue weighted by atomic mass is 16.7. The van der Waals surface area contributed by atoms with Crippen LogP contribution in [0.15, 0.2) is 0 Å². The monoisotopic (exact) mass is 616 g/mol. The normalized spacial score (nSPS) is 31.7. The van der Waals surface area contributed by atoms with E-state index in [1.54, 1.807) is 0 Å². The molecule has 17 nitrogen and oxygen atoms in total. The molecule has 0 saturated carbocycles. The van der Waals surface area contributed by atoms with Crippen molar-refractivity contribution in [2.75, 3.05) is 41.7 Å². The summed E-state index contributed by atoms with van der Waals surface area (Å²) in [6.45, 7) is 1.72. The number of ether oxygens (including phenoxy) is 6. The lowest BCUT2D eigenvalue weighted by atomic mass is 9.88. The van der Waals surface area contributed by atoms with Crippen molar-refractivity contribution >= 4 is 23.8 Å². The van der Waals surface area contributed by atoms with Crippen molar-refractivity contribution in [1.29, 1.82) is 0 Å². The number of esters is 2. The second-order valence-corrected chi connectivity index (χ2v) is 9.11. The van der Waals surface area contributed by atoms with E-state index in [2.05, 4.69) is 20.1 Å². The Morgan fingerprint density at radius 3 is 1.74 bits per heavy atom. The number of carbonyl (C=O) groups excluding carboxylic acids is 4. The number of hydrogen-bond donors (Lipinski definition) is 7. The van der Waals surface area contributed by atoms with Crippen molar-refractivity contribution in [2.24, 2.45) is 0 Å². The van der Waals surface area contributed by atoms with E-state index in [0.29, 0.717) is 0 Å². The molecule has 2 aliphatic rings. The number of aliphatic hydroxyl groups is 5. The molecule has 2 fully saturated rings. The van der Waals surface area contributed by atoms with Crippen LogP contribution in [0.2, 0.25) is 0 Å². The first-order chi connectivity index (χ1) is 18.7. The molecular formula is C25H48N2O15. The fourth-order valence-corrected chi connectivity index (χ4v) is 4.22. The van der Waals surface area contributed by atoms with Crippen LogP contribution in [0.5, 0.6) is 0 Å². The quantitative estimate of drug-likeness (QED) is 0.127. The van der Waals surface area contributed by atoms with Gasteiger partial charge in [0.1, 0.15) is 18.3 Å². The zero-order chi connectivity index (χ0) is 30.8. The first-order valence-corrected chi connectivity index (χ1v) is 12.1. The van der Waals surface area contributed by atoms with E-state index in [0.717, 1.165) is 14.2 Å². The van der Waals surface area contributed by atoms with Crippen molar-refractivity contribution in [2.45, 2.75) is 95.7 Å². The van der Waals surface area contributed by atoms with Gasteiger partial charge in [-0.25, -0.2) is 9.59 Å². The van der Waals surface area contributed by atoms with Gasteiger partial charge in [0, 0.05) is 40.9 Å². The van der Waals surface area contributed by atoms with Gasteiger partial charge in [-0.2, -0.15) is 0 Å². The van der Waals surface area contributed by atoms with Crippen LogP contribution in [0.3, 0.4) is 0 Å². The fourth-order valence-electron chi connectivity index (χ4n) is 4.22. The van der Waals surface area contributed by atoms with E-state index < -0.39 is 78.6 Å². The van der Waals surface area contributed by atoms with Crippen LogP contribution in [0.25, 0.3) is 0 Å². The molecule has 2 saturated heterocycles. The minimum Gasteiger partial charge on any atom is -0.465 e. The summed E-state index contributed by atoms with van der Waals surface area (Å²) in [6, 6.07) is -1.68. The van der Waals surface area contributed by atoms with Crippen molar-refractivity contribution in [3.8, 4) is 0 Å². The van der Waals surface area contributed by atoms with Crippen molar-refractivity contribution in [3.63, 3.8) is 0 Å². The molecule has 17 heteroatoms. The number of carbonyl (C=O) groups is 4. The lowest BCUT2D eigenvalue weighted by molar-refractivity contribution is -0.305. The summed E-state index contributed by atoms with van der Waals surface area (Å²) in [5.74, 6) is -6.05. The zero-order valence-corrected chi connectivity index (χ0v) is 23.2. The summed E-state index contributed by atoms with van der Waals surface area (Å²) in [6.07, 6.45) is -7.48. The van der Waals surface area contributed by atoms with Crippen molar-refractivity contribution in [1.82, 2.24) is 10.6 Å². The van der Waals surface area contributed by atoms with Gasteiger partial charge in [0.15, 0.2) is 0 Å². The third kappa shape index (κ3) is 10.1. The molecule has 2 amide bonds. The topological polar surface area (TPSA) is 249 Å². The minimum atomic E-state index is -2.01. The molecule has 9 atom stereocenters. The van der Waals surface area contributed by atoms with Crippen LogP contribution in [0.4, 0.5) is 0 Å². The Morgan fingerprint density at radius 2 is 1.33 bits per heavy atom. The summed E-state index contributed by atoms with van der Waals surface area (Å²) >= 11 is 0. The summed E-state index contributed by atoms with van der Waals surface area (Å²) in [7, 11) is 4.74. The molecule has 0 radical (unpaired) electrons. The number of amides is 2. The Kier molecular flexibility index (Phi) is 18.1. The number of rotatable bonds is 9. The molecule has 9 unspecified atom stereocenters. The molecule has 0 aliphatic carbocycles. The third-order valence-corrected chi connectivity index (χ3v) is 6.34. The molecule has 2 rings (SSSR count). The number of methoxy groups -OCH3 is 4. The van der Waals surface area contributed by atoms with Crippen molar-refractivity contribution < 1.29 is 73.1 Å². The van der Waals surface area contributed by atoms with Gasteiger partial charge in [-0.1, -0.05) is 14.9 Å². The van der Waals surface area contributed by atoms with E-state index >= 15 is 0 Å². The lowest BCUT2D eigenvalue weighted by Gasteiger charge is -2.46. The molecule has 2 aliphatic heterocycles. The van der Waals surface area contributed by atoms with Gasteiger partial charge >= 0.3 is 11.9 Å². The zero-order valence-electron chi connectivity index (χ0n) is 23.2. The maximum Gasteiger partial charge on any atom is 0.366 e. The molecule has 0 aromatic heterocycles. The van der Waals surface area contributed by atoms with E-state index in [1.165, 1.54) is 28.1 Å². The Bertz CT molecular complexity index is 877. The Morgan fingerprint density at radius 1 is 0.857 bits per heavy atom. The first-order valence-electron chi connectivity index (χ1n) is 12.1. The average Bonchev–Trinajstić information content (AvgIpc) is 2.93. The first kappa shape index (κ1) is 41.7. The summed E-state index contributed by atoms with van der Waals surface area (Å²) in [4.78, 5) is 45.6. The lowest BCUT2D eigenvalue weighted by Crippen LogP contribution is -2.67. The van der Waals surface area contributed by atoms with Gasteiger partial charge in [0.25, 0.3) is 11.6 Å². The van der Waals surface area contributed by atoms with Crippen LogP contribution in [-0.4, -0.2) is 145 Å². The predicted octanol–water partition coefficient (Wildman–Crippen LogP) is -3.07. The summed E-state index contributed by atoms with van der Waals surface area (Å²) in [5.41, 5.74) is 0. The highest BCUT2D eigenvalue weighted by Crippen LogP contribution is 2.33. The van der Waals surface area contributed by atoms with Crippen molar-refractivity contribution in [3.05, 3.63) is 0 Å². The molecular weight excluding hydrogens is 568 g/mol. The van der Waals surface area contributed by atoms with Crippen LogP contribution >= 0.6 is 0 Å². The van der Waals surface area contributed by atoms with Gasteiger partial charge in [-0.05, 0) is 0 Å². The Balaban J connectivity index is 0. The SMILES string of the molecule is C.C.COC(=O)C1(OC)CC(O)C(NC(C)=O)C(C(O)C(O)CO)O1.COC(=O)C1(OC)CC(O)C(NC(C)=O)CO1. The van der Waals surface area contributed by atoms with E-state index in [1.807, 2.05) is 0 Å². The summed E-state index contributed by atoms with van der Waals surface area (Å²) in [5, 5.41) is 53.7. The number of aliphatic hydroxyl groups excluding tert-OH is 5. The molecule has 0 aromatic rings. The highest BCUT2D eigenvalue weighted by Gasteiger charge is 2.55. The van der Waals surface area contributed by atoms with Gasteiger partial charge in [-0.15, -0.1) is 0 Å². The Labute approximate surface area is 245 Å². The predicted molar refractivity (Wildman–Crippen MR) is 143 cm³/mol. The highest BCUT2D eigenvalue weighted by molar-refractivity contribution is 5.79. The smallest absolute Gasteiger partial charge is 0.366 e. The van der Waals surface area contributed by atoms with Crippen LogP contribution < -0.4 is 10.6 Å². The van der Waals surface area contributed by atoms with Crippen LogP contribution in [0.1, 0.15) is 41.5 Å². The molecule has 0 bridgehead atoms. The van der Waals surface area contributed by atoms with E-state index in [9.17, 15) is 39.6 Å².